The smallest absolute Gasteiger partial charge is 0.414 e. The molecule has 1 unspecified atom stereocenters. The Kier molecular flexibility index (Phi) is 11.2. The van der Waals surface area contributed by atoms with Gasteiger partial charge >= 0.3 is 18.2 Å². The van der Waals surface area contributed by atoms with Gasteiger partial charge in [-0.1, -0.05) is 75.4 Å². The van der Waals surface area contributed by atoms with Crippen LogP contribution in [0.15, 0.2) is 66.7 Å². The van der Waals surface area contributed by atoms with E-state index in [2.05, 4.69) is 19.9 Å². The van der Waals surface area contributed by atoms with Crippen molar-refractivity contribution in [3.8, 4) is 0 Å². The second-order valence-corrected chi connectivity index (χ2v) is 14.4. The molecule has 0 saturated carbocycles. The van der Waals surface area contributed by atoms with Gasteiger partial charge < -0.3 is 14.2 Å². The van der Waals surface area contributed by atoms with Crippen molar-refractivity contribution in [3.63, 3.8) is 0 Å². The predicted molar refractivity (Wildman–Crippen MR) is 187 cm³/mol. The van der Waals surface area contributed by atoms with Crippen LogP contribution in [0.4, 0.5) is 21.0 Å². The first-order chi connectivity index (χ1) is 22.1. The number of fused-ring (bicyclic) bond motifs is 2. The van der Waals surface area contributed by atoms with Crippen LogP contribution in [-0.2, 0) is 48.2 Å². The van der Waals surface area contributed by atoms with Gasteiger partial charge in [0.1, 0.15) is 18.8 Å². The number of halogens is 2. The molecule has 0 N–H and O–H groups in total. The molecule has 3 aromatic rings. The third-order valence-electron chi connectivity index (χ3n) is 8.09. The highest BCUT2D eigenvalue weighted by Gasteiger charge is 2.43. The van der Waals surface area contributed by atoms with Gasteiger partial charge in [-0.25, -0.2) is 9.59 Å². The largest absolute Gasteiger partial charge is 0.465 e. The number of carbonyl (C=O) groups excluding carboxylic acids is 3. The average molecular weight is 684 g/mol. The van der Waals surface area contributed by atoms with Crippen molar-refractivity contribution in [2.24, 2.45) is 0 Å². The highest BCUT2D eigenvalue weighted by molar-refractivity contribution is 6.17. The Morgan fingerprint density at radius 1 is 0.745 bits per heavy atom. The van der Waals surface area contributed by atoms with E-state index >= 15 is 0 Å². The topological polar surface area (TPSA) is 85.4 Å². The number of rotatable bonds is 6. The molecule has 0 saturated heterocycles. The van der Waals surface area contributed by atoms with Gasteiger partial charge in [0.2, 0.25) is 0 Å². The molecule has 0 bridgehead atoms. The van der Waals surface area contributed by atoms with Crippen molar-refractivity contribution in [1.82, 2.24) is 0 Å². The Labute approximate surface area is 287 Å². The molecule has 0 radical (unpaired) electrons. The highest BCUT2D eigenvalue weighted by atomic mass is 35.5. The molecular formula is C37H44Cl2N2O6. The Morgan fingerprint density at radius 3 is 1.85 bits per heavy atom. The summed E-state index contributed by atoms with van der Waals surface area (Å²) in [5.74, 6) is 0.502. The Morgan fingerprint density at radius 2 is 1.30 bits per heavy atom. The average Bonchev–Trinajstić information content (AvgIpc) is 3.48. The van der Waals surface area contributed by atoms with E-state index in [9.17, 15) is 14.4 Å². The zero-order valence-corrected chi connectivity index (χ0v) is 29.7. The second kappa shape index (κ2) is 14.6. The summed E-state index contributed by atoms with van der Waals surface area (Å²) in [5.41, 5.74) is 5.62. The lowest BCUT2D eigenvalue weighted by Crippen LogP contribution is -2.38. The van der Waals surface area contributed by atoms with E-state index < -0.39 is 17.1 Å². The fourth-order valence-electron chi connectivity index (χ4n) is 5.74. The van der Waals surface area contributed by atoms with Gasteiger partial charge in [0.05, 0.1) is 11.4 Å². The van der Waals surface area contributed by atoms with Gasteiger partial charge in [0.25, 0.3) is 0 Å². The minimum atomic E-state index is -0.519. The molecule has 2 aliphatic rings. The Balaban J connectivity index is 0.000000223. The number of anilines is 2. The van der Waals surface area contributed by atoms with Gasteiger partial charge in [-0.2, -0.15) is 0 Å². The first-order valence-electron chi connectivity index (χ1n) is 15.6. The lowest BCUT2D eigenvalue weighted by Gasteiger charge is -2.25. The maximum Gasteiger partial charge on any atom is 0.414 e. The zero-order valence-electron chi connectivity index (χ0n) is 28.2. The minimum absolute atomic E-state index is 0.0890. The minimum Gasteiger partial charge on any atom is -0.465 e. The molecule has 0 aliphatic carbocycles. The number of ether oxygens (including phenoxy) is 3. The Bertz CT molecular complexity index is 1600. The second-order valence-electron chi connectivity index (χ2n) is 13.9. The van der Waals surface area contributed by atoms with Crippen molar-refractivity contribution in [3.05, 3.63) is 94.5 Å². The third-order valence-corrected chi connectivity index (χ3v) is 8.70. The van der Waals surface area contributed by atoms with Gasteiger partial charge in [0.15, 0.2) is 0 Å². The van der Waals surface area contributed by atoms with Crippen LogP contribution in [0.1, 0.15) is 76.3 Å². The molecule has 2 amide bonds. The molecule has 10 heteroatoms. The van der Waals surface area contributed by atoms with Crippen LogP contribution in [0.3, 0.4) is 0 Å². The lowest BCUT2D eigenvalue weighted by molar-refractivity contribution is -0.142. The van der Waals surface area contributed by atoms with Crippen LogP contribution in [0.5, 0.6) is 0 Å². The van der Waals surface area contributed by atoms with Crippen LogP contribution in [-0.4, -0.2) is 43.5 Å². The van der Waals surface area contributed by atoms with E-state index in [1.807, 2.05) is 88.4 Å². The molecule has 5 rings (SSSR count). The van der Waals surface area contributed by atoms with Gasteiger partial charge in [-0.15, -0.1) is 23.2 Å². The van der Waals surface area contributed by atoms with Crippen molar-refractivity contribution >= 4 is 52.7 Å². The molecule has 0 spiro atoms. The number of amides is 2. The van der Waals surface area contributed by atoms with E-state index in [0.717, 1.165) is 39.2 Å². The molecule has 0 aromatic heterocycles. The van der Waals surface area contributed by atoms with E-state index in [1.54, 1.807) is 9.80 Å². The van der Waals surface area contributed by atoms with Crippen molar-refractivity contribution in [2.75, 3.05) is 29.5 Å². The molecule has 1 atom stereocenters. The summed E-state index contributed by atoms with van der Waals surface area (Å²) in [6, 6.07) is 21.3. The van der Waals surface area contributed by atoms with Gasteiger partial charge in [-0.05, 0) is 60.7 Å². The SMILES string of the molecule is CC(=O)OCC1(C)CN(C(=O)OCc2ccccc2)c2ccc(CCl)cc21.CC(C)(C)OC(=O)N1CC(C)(C)c2cc(CCl)ccc21. The molecule has 8 nitrogen and oxygen atoms in total. The van der Waals surface area contributed by atoms with Crippen molar-refractivity contribution in [1.29, 1.82) is 0 Å². The normalized spacial score (nSPS) is 17.6. The van der Waals surface area contributed by atoms with Crippen molar-refractivity contribution < 1.29 is 28.6 Å². The van der Waals surface area contributed by atoms with E-state index in [0.29, 0.717) is 24.8 Å². The predicted octanol–water partition coefficient (Wildman–Crippen LogP) is 8.86. The molecule has 2 aliphatic heterocycles. The summed E-state index contributed by atoms with van der Waals surface area (Å²) in [6.07, 6.45) is -0.715. The summed E-state index contributed by atoms with van der Waals surface area (Å²) < 4.78 is 16.3. The number of esters is 1. The fourth-order valence-corrected chi connectivity index (χ4v) is 6.07. The van der Waals surface area contributed by atoms with E-state index in [4.69, 9.17) is 37.4 Å². The summed E-state index contributed by atoms with van der Waals surface area (Å²) in [6.45, 7) is 14.6. The molecule has 0 fully saturated rings. The van der Waals surface area contributed by atoms with Crippen LogP contribution >= 0.6 is 23.2 Å². The van der Waals surface area contributed by atoms with Crippen LogP contribution < -0.4 is 9.80 Å². The summed E-state index contributed by atoms with van der Waals surface area (Å²) in [4.78, 5) is 39.7. The quantitative estimate of drug-likeness (QED) is 0.147. The number of carbonyl (C=O) groups is 3. The zero-order chi connectivity index (χ0) is 34.6. The van der Waals surface area contributed by atoms with Gasteiger partial charge in [0, 0.05) is 42.6 Å². The molecule has 252 valence electrons. The first-order valence-corrected chi connectivity index (χ1v) is 16.6. The number of nitrogens with zero attached hydrogens (tertiary/aromatic N) is 2. The number of hydrogen-bond acceptors (Lipinski definition) is 6. The van der Waals surface area contributed by atoms with Gasteiger partial charge in [-0.3, -0.25) is 14.6 Å². The van der Waals surface area contributed by atoms with E-state index in [1.165, 1.54) is 6.92 Å². The number of alkyl halides is 2. The van der Waals surface area contributed by atoms with E-state index in [-0.39, 0.29) is 30.7 Å². The summed E-state index contributed by atoms with van der Waals surface area (Å²) in [5, 5.41) is 0. The molecular weight excluding hydrogens is 639 g/mol. The Hall–Kier alpha value is -3.75. The summed E-state index contributed by atoms with van der Waals surface area (Å²) in [7, 11) is 0. The molecule has 47 heavy (non-hydrogen) atoms. The molecule has 2 heterocycles. The standard InChI is InChI=1S/C21H22ClNO4.C16H22ClNO2/c1-15(24)27-14-21(2)13-23(19-9-8-17(11-22)10-18(19)21)20(25)26-12-16-6-4-3-5-7-16;1-15(2,3)20-14(19)18-10-16(4,5)12-8-11(9-17)6-7-13(12)18/h3-10H,11-14H2,1-2H3;6-8H,9-10H2,1-5H3. The maximum absolute atomic E-state index is 12.7. The van der Waals surface area contributed by atoms with Crippen LogP contribution in [0.2, 0.25) is 0 Å². The van der Waals surface area contributed by atoms with Crippen LogP contribution in [0.25, 0.3) is 0 Å². The maximum atomic E-state index is 12.7. The molecule has 3 aromatic carbocycles. The number of benzene rings is 3. The highest BCUT2D eigenvalue weighted by Crippen LogP contribution is 2.43. The first kappa shape index (κ1) is 36.1. The number of hydrogen-bond donors (Lipinski definition) is 0. The fraction of sp³-hybridized carbons (Fsp3) is 0.432. The van der Waals surface area contributed by atoms with Crippen LogP contribution in [0, 0.1) is 0 Å². The lowest BCUT2D eigenvalue weighted by atomic mass is 9.85. The monoisotopic (exact) mass is 682 g/mol. The third kappa shape index (κ3) is 8.79. The summed E-state index contributed by atoms with van der Waals surface area (Å²) >= 11 is 11.9. The van der Waals surface area contributed by atoms with Crippen molar-refractivity contribution in [2.45, 2.75) is 83.3 Å².